The zero-order valence-corrected chi connectivity index (χ0v) is 21.1. The molecule has 2 aromatic rings. The number of phosphoric acid groups is 2. The first kappa shape index (κ1) is 30.1. The molecule has 39 heavy (non-hydrogen) atoms. The SMILES string of the molecule is Nc1nc2c(ncn2[C@@H]2O[C@H](COP(=O)(O)OP(=O)(O)O[C@H]3O[C@H](CO)[C@@H](O)[C@H](O)[C@H]3O)[C@@H](O)[C@H]2O)c(=O)[nH]1. The van der Waals surface area contributed by atoms with E-state index in [9.17, 15) is 49.2 Å². The maximum atomic E-state index is 12.3. The van der Waals surface area contributed by atoms with Crippen molar-refractivity contribution in [1.29, 1.82) is 0 Å². The van der Waals surface area contributed by atoms with Crippen molar-refractivity contribution in [3.05, 3.63) is 16.7 Å². The molecule has 21 nitrogen and oxygen atoms in total. The van der Waals surface area contributed by atoms with Gasteiger partial charge in [-0.05, 0) is 0 Å². The Hall–Kier alpha value is -1.91. The molecule has 2 aliphatic rings. The summed E-state index contributed by atoms with van der Waals surface area (Å²) in [4.78, 5) is 41.7. The van der Waals surface area contributed by atoms with Crippen LogP contribution in [0.5, 0.6) is 0 Å². The van der Waals surface area contributed by atoms with Crippen molar-refractivity contribution in [3.8, 4) is 0 Å². The third kappa shape index (κ3) is 6.22. The van der Waals surface area contributed by atoms with Crippen LogP contribution < -0.4 is 11.3 Å². The van der Waals surface area contributed by atoms with Gasteiger partial charge in [0.25, 0.3) is 5.56 Å². The summed E-state index contributed by atoms with van der Waals surface area (Å²) in [5, 5.41) is 59.2. The minimum Gasteiger partial charge on any atom is -0.394 e. The number of phosphoric ester groups is 2. The van der Waals surface area contributed by atoms with Gasteiger partial charge in [-0.2, -0.15) is 9.29 Å². The van der Waals surface area contributed by atoms with Crippen LogP contribution in [0.25, 0.3) is 11.2 Å². The van der Waals surface area contributed by atoms with E-state index in [1.807, 2.05) is 0 Å². The van der Waals surface area contributed by atoms with Crippen LogP contribution in [0.15, 0.2) is 11.1 Å². The number of ether oxygens (including phenoxy) is 2. The van der Waals surface area contributed by atoms with Crippen LogP contribution in [0, 0.1) is 0 Å². The monoisotopic (exact) mass is 605 g/mol. The fraction of sp³-hybridized carbons (Fsp3) is 0.688. The number of anilines is 1. The molecule has 220 valence electrons. The second-order valence-corrected chi connectivity index (χ2v) is 11.4. The molecule has 4 rings (SSSR count). The van der Waals surface area contributed by atoms with Gasteiger partial charge in [0.1, 0.15) is 42.7 Å². The van der Waals surface area contributed by atoms with Crippen LogP contribution in [0.2, 0.25) is 0 Å². The summed E-state index contributed by atoms with van der Waals surface area (Å²) in [7, 11) is -11.1. The van der Waals surface area contributed by atoms with Crippen molar-refractivity contribution in [3.63, 3.8) is 0 Å². The lowest BCUT2D eigenvalue weighted by Gasteiger charge is -2.39. The zero-order chi connectivity index (χ0) is 28.9. The number of nitrogens with zero attached hydrogens (tertiary/aromatic N) is 3. The third-order valence-electron chi connectivity index (χ3n) is 5.76. The highest BCUT2D eigenvalue weighted by Crippen LogP contribution is 2.61. The van der Waals surface area contributed by atoms with Crippen LogP contribution in [0.4, 0.5) is 5.95 Å². The number of rotatable bonds is 9. The molecule has 0 spiro atoms. The summed E-state index contributed by atoms with van der Waals surface area (Å²) in [5.74, 6) is -0.278. The maximum absolute atomic E-state index is 12.3. The van der Waals surface area contributed by atoms with Gasteiger partial charge >= 0.3 is 15.6 Å². The van der Waals surface area contributed by atoms with E-state index in [-0.39, 0.29) is 17.1 Å². The summed E-state index contributed by atoms with van der Waals surface area (Å²) in [6, 6.07) is 0. The van der Waals surface area contributed by atoms with Crippen LogP contribution in [-0.4, -0.2) is 122 Å². The van der Waals surface area contributed by atoms with Gasteiger partial charge in [-0.25, -0.2) is 14.1 Å². The van der Waals surface area contributed by atoms with E-state index >= 15 is 0 Å². The minimum atomic E-state index is -5.60. The maximum Gasteiger partial charge on any atom is 0.483 e. The molecule has 0 aromatic carbocycles. The molecule has 0 amide bonds. The number of aliphatic hydroxyl groups is 6. The lowest BCUT2D eigenvalue weighted by Crippen LogP contribution is -2.58. The second kappa shape index (κ2) is 11.2. The summed E-state index contributed by atoms with van der Waals surface area (Å²) >= 11 is 0. The normalized spacial score (nSPS) is 36.6. The number of imidazole rings is 1. The Morgan fingerprint density at radius 1 is 1.00 bits per heavy atom. The number of H-pyrrole nitrogens is 1. The van der Waals surface area contributed by atoms with Gasteiger partial charge in [0.05, 0.1) is 19.5 Å². The Labute approximate surface area is 216 Å². The van der Waals surface area contributed by atoms with E-state index in [0.717, 1.165) is 10.9 Å². The number of nitrogens with one attached hydrogen (secondary N) is 1. The largest absolute Gasteiger partial charge is 0.483 e. The molecule has 0 radical (unpaired) electrons. The number of aromatic amines is 1. The number of nitrogens with two attached hydrogens (primary N) is 1. The summed E-state index contributed by atoms with van der Waals surface area (Å²) < 4.78 is 49.1. The summed E-state index contributed by atoms with van der Waals surface area (Å²) in [6.45, 7) is -1.89. The highest BCUT2D eigenvalue weighted by molar-refractivity contribution is 7.61. The van der Waals surface area contributed by atoms with Crippen molar-refractivity contribution in [2.75, 3.05) is 18.9 Å². The topological polar surface area (TPSA) is 332 Å². The molecular weight excluding hydrogens is 580 g/mol. The molecule has 4 heterocycles. The molecular formula is C16H25N5O16P2. The lowest BCUT2D eigenvalue weighted by molar-refractivity contribution is -0.280. The fourth-order valence-electron chi connectivity index (χ4n) is 3.85. The van der Waals surface area contributed by atoms with Crippen molar-refractivity contribution in [2.45, 2.75) is 55.2 Å². The number of fused-ring (bicyclic) bond motifs is 1. The third-order valence-corrected chi connectivity index (χ3v) is 8.36. The lowest BCUT2D eigenvalue weighted by atomic mass is 10.00. The van der Waals surface area contributed by atoms with Gasteiger partial charge < -0.3 is 55.6 Å². The molecule has 23 heteroatoms. The fourth-order valence-corrected chi connectivity index (χ4v) is 6.01. The van der Waals surface area contributed by atoms with Crippen molar-refractivity contribution in [1.82, 2.24) is 19.5 Å². The number of aromatic nitrogens is 4. The van der Waals surface area contributed by atoms with Crippen LogP contribution >= 0.6 is 15.6 Å². The van der Waals surface area contributed by atoms with Crippen LogP contribution in [-0.2, 0) is 32.0 Å². The zero-order valence-electron chi connectivity index (χ0n) is 19.3. The Morgan fingerprint density at radius 2 is 1.67 bits per heavy atom. The van der Waals surface area contributed by atoms with E-state index < -0.39 is 89.7 Å². The average Bonchev–Trinajstić information content (AvgIpc) is 3.38. The first-order chi connectivity index (χ1) is 18.1. The molecule has 2 saturated heterocycles. The van der Waals surface area contributed by atoms with Crippen LogP contribution in [0.1, 0.15) is 6.23 Å². The number of aliphatic hydroxyl groups excluding tert-OH is 6. The van der Waals surface area contributed by atoms with E-state index in [1.54, 1.807) is 0 Å². The Morgan fingerprint density at radius 3 is 2.33 bits per heavy atom. The van der Waals surface area contributed by atoms with Crippen molar-refractivity contribution in [2.24, 2.45) is 0 Å². The highest BCUT2D eigenvalue weighted by atomic mass is 31.3. The van der Waals surface area contributed by atoms with Crippen LogP contribution in [0.3, 0.4) is 0 Å². The molecule has 2 aromatic heterocycles. The van der Waals surface area contributed by atoms with E-state index in [2.05, 4.69) is 28.3 Å². The summed E-state index contributed by atoms with van der Waals surface area (Å²) in [5.41, 5.74) is 4.54. The minimum absolute atomic E-state index is 0.114. The van der Waals surface area contributed by atoms with Gasteiger partial charge in [0.15, 0.2) is 23.7 Å². The Balaban J connectivity index is 1.39. The van der Waals surface area contributed by atoms with Gasteiger partial charge in [-0.1, -0.05) is 0 Å². The number of nitrogen functional groups attached to an aromatic ring is 1. The predicted octanol–water partition coefficient (Wildman–Crippen LogP) is -4.63. The molecule has 0 bridgehead atoms. The van der Waals surface area contributed by atoms with E-state index in [4.69, 9.17) is 20.3 Å². The first-order valence-electron chi connectivity index (χ1n) is 10.9. The van der Waals surface area contributed by atoms with Crippen molar-refractivity contribution < 1.29 is 72.4 Å². The van der Waals surface area contributed by atoms with E-state index in [1.165, 1.54) is 0 Å². The molecule has 2 aliphatic heterocycles. The highest BCUT2D eigenvalue weighted by Gasteiger charge is 2.49. The summed E-state index contributed by atoms with van der Waals surface area (Å²) in [6.07, 6.45) is -15.0. The number of hydrogen-bond donors (Lipinski definition) is 10. The van der Waals surface area contributed by atoms with Crippen molar-refractivity contribution >= 4 is 32.8 Å². The smallest absolute Gasteiger partial charge is 0.394 e. The molecule has 0 saturated carbocycles. The quantitative estimate of drug-likeness (QED) is 0.120. The van der Waals surface area contributed by atoms with Gasteiger partial charge in [0.2, 0.25) is 5.95 Å². The second-order valence-electron chi connectivity index (χ2n) is 8.44. The standard InChI is InChI=1S/C16H25N5O16P2/c17-16-19-12-6(13(28)20-16)18-3-21(12)14-10(26)8(24)5(34-14)2-33-38(29,30)37-39(31,32)36-15-11(27)9(25)7(23)4(1-22)35-15/h3-5,7-11,14-15,22-27H,1-2H2,(H,29,30)(H,31,32)(H3,17,19,20,28)/t4-,5-,7-,8-,9+,10-,11-,14-,15-/m1/s1. The van der Waals surface area contributed by atoms with Gasteiger partial charge in [-0.15, -0.1) is 0 Å². The molecule has 11 N–H and O–H groups in total. The Bertz CT molecular complexity index is 1340. The average molecular weight is 605 g/mol. The van der Waals surface area contributed by atoms with E-state index in [0.29, 0.717) is 0 Å². The number of hydrogen-bond acceptors (Lipinski definition) is 17. The first-order valence-corrected chi connectivity index (χ1v) is 13.9. The molecule has 2 unspecified atom stereocenters. The molecule has 2 fully saturated rings. The Kier molecular flexibility index (Phi) is 8.60. The molecule has 0 aliphatic carbocycles. The van der Waals surface area contributed by atoms with Gasteiger partial charge in [-0.3, -0.25) is 23.4 Å². The van der Waals surface area contributed by atoms with Gasteiger partial charge in [0, 0.05) is 0 Å². The predicted molar refractivity (Wildman–Crippen MR) is 120 cm³/mol. The molecule has 11 atom stereocenters.